The molecule has 1 aromatic heterocycles. The molecule has 0 bridgehead atoms. The highest BCUT2D eigenvalue weighted by Crippen LogP contribution is 2.50. The molecule has 1 aliphatic rings. The Kier molecular flexibility index (Phi) is 3.12. The SMILES string of the molecule is O=C(Nc1nn[nH]n1)[C@H]1C[C@@H]1c1cccc(Cl)c1Cl. The summed E-state index contributed by atoms with van der Waals surface area (Å²) in [6, 6.07) is 5.45. The first kappa shape index (κ1) is 12.4. The van der Waals surface area contributed by atoms with Crippen LogP contribution in [-0.4, -0.2) is 26.5 Å². The molecular weight excluding hydrogens is 289 g/mol. The van der Waals surface area contributed by atoms with Gasteiger partial charge in [0, 0.05) is 5.92 Å². The van der Waals surface area contributed by atoms with E-state index in [1.807, 2.05) is 12.1 Å². The highest BCUT2D eigenvalue weighted by Gasteiger charge is 2.45. The lowest BCUT2D eigenvalue weighted by molar-refractivity contribution is -0.117. The molecule has 0 aliphatic heterocycles. The molecule has 98 valence electrons. The molecule has 1 amide bonds. The van der Waals surface area contributed by atoms with E-state index in [4.69, 9.17) is 23.2 Å². The van der Waals surface area contributed by atoms with E-state index in [9.17, 15) is 4.79 Å². The normalized spacial score (nSPS) is 21.2. The minimum Gasteiger partial charge on any atom is -0.292 e. The third kappa shape index (κ3) is 2.41. The number of tetrazole rings is 1. The van der Waals surface area contributed by atoms with Gasteiger partial charge in [0.25, 0.3) is 5.95 Å². The largest absolute Gasteiger partial charge is 0.292 e. The number of benzene rings is 1. The van der Waals surface area contributed by atoms with Gasteiger partial charge in [-0.15, -0.1) is 5.10 Å². The van der Waals surface area contributed by atoms with Crippen LogP contribution in [0.25, 0.3) is 0 Å². The number of halogens is 2. The van der Waals surface area contributed by atoms with E-state index >= 15 is 0 Å². The molecule has 8 heteroatoms. The maximum Gasteiger partial charge on any atom is 0.269 e. The fraction of sp³-hybridized carbons (Fsp3) is 0.273. The fourth-order valence-electron chi connectivity index (χ4n) is 2.05. The second-order valence-electron chi connectivity index (χ2n) is 4.32. The van der Waals surface area contributed by atoms with E-state index in [0.29, 0.717) is 10.0 Å². The third-order valence-corrected chi connectivity index (χ3v) is 3.92. The summed E-state index contributed by atoms with van der Waals surface area (Å²) in [5.74, 6) is 0.00264. The monoisotopic (exact) mass is 297 g/mol. The van der Waals surface area contributed by atoms with Crippen molar-refractivity contribution in [3.63, 3.8) is 0 Å². The van der Waals surface area contributed by atoms with Crippen LogP contribution in [-0.2, 0) is 4.79 Å². The van der Waals surface area contributed by atoms with E-state index < -0.39 is 0 Å². The molecule has 0 spiro atoms. The zero-order valence-corrected chi connectivity index (χ0v) is 11.1. The van der Waals surface area contributed by atoms with Gasteiger partial charge in [-0.05, 0) is 29.2 Å². The molecule has 19 heavy (non-hydrogen) atoms. The van der Waals surface area contributed by atoms with Gasteiger partial charge >= 0.3 is 0 Å². The van der Waals surface area contributed by atoms with Gasteiger partial charge in [0.15, 0.2) is 0 Å². The summed E-state index contributed by atoms with van der Waals surface area (Å²) in [6.07, 6.45) is 0.740. The van der Waals surface area contributed by atoms with Crippen molar-refractivity contribution in [2.24, 2.45) is 5.92 Å². The Balaban J connectivity index is 1.70. The Morgan fingerprint density at radius 2 is 2.26 bits per heavy atom. The number of nitrogens with one attached hydrogen (secondary N) is 2. The first-order valence-corrected chi connectivity index (χ1v) is 6.40. The summed E-state index contributed by atoms with van der Waals surface area (Å²) >= 11 is 12.1. The van der Waals surface area contributed by atoms with Crippen molar-refractivity contribution in [3.8, 4) is 0 Å². The number of rotatable bonds is 3. The lowest BCUT2D eigenvalue weighted by atomic mass is 10.1. The Morgan fingerprint density at radius 1 is 1.42 bits per heavy atom. The first-order chi connectivity index (χ1) is 9.16. The van der Waals surface area contributed by atoms with Gasteiger partial charge in [-0.25, -0.2) is 0 Å². The second kappa shape index (κ2) is 4.79. The van der Waals surface area contributed by atoms with Crippen LogP contribution in [0.2, 0.25) is 10.0 Å². The third-order valence-electron chi connectivity index (χ3n) is 3.09. The summed E-state index contributed by atoms with van der Waals surface area (Å²) in [4.78, 5) is 11.9. The molecule has 2 atom stereocenters. The Labute approximate surface area is 118 Å². The molecule has 2 aromatic rings. The number of nitrogens with zero attached hydrogens (tertiary/aromatic N) is 3. The molecule has 1 fully saturated rings. The van der Waals surface area contributed by atoms with Gasteiger partial charge in [0.05, 0.1) is 10.0 Å². The van der Waals surface area contributed by atoms with Gasteiger partial charge in [-0.1, -0.05) is 40.4 Å². The summed E-state index contributed by atoms with van der Waals surface area (Å²) < 4.78 is 0. The molecule has 1 aromatic carbocycles. The summed E-state index contributed by atoms with van der Waals surface area (Å²) in [7, 11) is 0. The summed E-state index contributed by atoms with van der Waals surface area (Å²) in [5, 5.41) is 16.6. The molecule has 3 rings (SSSR count). The highest BCUT2D eigenvalue weighted by atomic mass is 35.5. The van der Waals surface area contributed by atoms with Crippen molar-refractivity contribution < 1.29 is 4.79 Å². The molecule has 6 nitrogen and oxygen atoms in total. The number of carbonyl (C=O) groups excluding carboxylic acids is 1. The van der Waals surface area contributed by atoms with Crippen molar-refractivity contribution in [2.75, 3.05) is 5.32 Å². The van der Waals surface area contributed by atoms with Gasteiger partial charge in [-0.3, -0.25) is 10.1 Å². The van der Waals surface area contributed by atoms with Crippen LogP contribution < -0.4 is 5.32 Å². The van der Waals surface area contributed by atoms with Crippen molar-refractivity contribution in [1.29, 1.82) is 0 Å². The smallest absolute Gasteiger partial charge is 0.269 e. The van der Waals surface area contributed by atoms with Crippen LogP contribution in [0.3, 0.4) is 0 Å². The maximum absolute atomic E-state index is 11.9. The van der Waals surface area contributed by atoms with Crippen LogP contribution >= 0.6 is 23.2 Å². The zero-order valence-electron chi connectivity index (χ0n) is 9.60. The van der Waals surface area contributed by atoms with Gasteiger partial charge < -0.3 is 0 Å². The number of aromatic amines is 1. The van der Waals surface area contributed by atoms with Crippen LogP contribution in [0.15, 0.2) is 18.2 Å². The zero-order chi connectivity index (χ0) is 13.4. The Bertz CT molecular complexity index is 616. The lowest BCUT2D eigenvalue weighted by Gasteiger charge is -2.04. The average molecular weight is 298 g/mol. The number of carbonyl (C=O) groups is 1. The van der Waals surface area contributed by atoms with Crippen molar-refractivity contribution in [1.82, 2.24) is 20.6 Å². The Morgan fingerprint density at radius 3 is 3.00 bits per heavy atom. The summed E-state index contributed by atoms with van der Waals surface area (Å²) in [6.45, 7) is 0. The van der Waals surface area contributed by atoms with E-state index in [-0.39, 0.29) is 23.7 Å². The van der Waals surface area contributed by atoms with E-state index in [0.717, 1.165) is 12.0 Å². The molecule has 0 radical (unpaired) electrons. The number of anilines is 1. The fourth-order valence-corrected chi connectivity index (χ4v) is 2.50. The van der Waals surface area contributed by atoms with Crippen molar-refractivity contribution in [3.05, 3.63) is 33.8 Å². The first-order valence-electron chi connectivity index (χ1n) is 5.65. The number of hydrogen-bond acceptors (Lipinski definition) is 4. The van der Waals surface area contributed by atoms with Crippen LogP contribution in [0.5, 0.6) is 0 Å². The predicted molar refractivity (Wildman–Crippen MR) is 70.1 cm³/mol. The molecule has 1 saturated carbocycles. The van der Waals surface area contributed by atoms with Crippen molar-refractivity contribution >= 4 is 35.1 Å². The second-order valence-corrected chi connectivity index (χ2v) is 5.10. The van der Waals surface area contributed by atoms with Crippen LogP contribution in [0.4, 0.5) is 5.95 Å². The number of amides is 1. The van der Waals surface area contributed by atoms with Crippen LogP contribution in [0.1, 0.15) is 17.9 Å². The average Bonchev–Trinajstić information content (AvgIpc) is 3.03. The van der Waals surface area contributed by atoms with Gasteiger partial charge in [-0.2, -0.15) is 5.21 Å². The molecule has 2 N–H and O–H groups in total. The molecule has 1 aliphatic carbocycles. The van der Waals surface area contributed by atoms with E-state index in [2.05, 4.69) is 25.9 Å². The minimum absolute atomic E-state index is 0.0955. The van der Waals surface area contributed by atoms with Gasteiger partial charge in [0.1, 0.15) is 0 Å². The summed E-state index contributed by atoms with van der Waals surface area (Å²) in [5.41, 5.74) is 0.905. The molecule has 1 heterocycles. The maximum atomic E-state index is 11.9. The Hall–Kier alpha value is -1.66. The molecule has 0 unspecified atom stereocenters. The van der Waals surface area contributed by atoms with E-state index in [1.54, 1.807) is 6.07 Å². The highest BCUT2D eigenvalue weighted by molar-refractivity contribution is 6.42. The number of H-pyrrole nitrogens is 1. The molecule has 0 saturated heterocycles. The number of hydrogen-bond donors (Lipinski definition) is 2. The minimum atomic E-state index is -0.137. The number of aromatic nitrogens is 4. The van der Waals surface area contributed by atoms with Crippen LogP contribution in [0, 0.1) is 5.92 Å². The lowest BCUT2D eigenvalue weighted by Crippen LogP contribution is -2.15. The standard InChI is InChI=1S/C11H9Cl2N5O/c12-8-3-1-2-5(9(8)13)6-4-7(6)10(19)14-11-15-17-18-16-11/h1-3,6-7H,4H2,(H2,14,15,16,17,18,19)/t6-,7+/m1/s1. The van der Waals surface area contributed by atoms with Gasteiger partial charge in [0.2, 0.25) is 5.91 Å². The molecular formula is C11H9Cl2N5O. The topological polar surface area (TPSA) is 83.6 Å². The van der Waals surface area contributed by atoms with E-state index in [1.165, 1.54) is 0 Å². The predicted octanol–water partition coefficient (Wildman–Crippen LogP) is 2.25. The quantitative estimate of drug-likeness (QED) is 0.910. The van der Waals surface area contributed by atoms with Crippen molar-refractivity contribution in [2.45, 2.75) is 12.3 Å².